The monoisotopic (exact) mass is 419 g/mol. The van der Waals surface area contributed by atoms with Crippen LogP contribution in [-0.2, 0) is 4.79 Å². The van der Waals surface area contributed by atoms with Crippen molar-refractivity contribution in [1.29, 1.82) is 0 Å². The van der Waals surface area contributed by atoms with Crippen molar-refractivity contribution in [3.05, 3.63) is 34.3 Å². The summed E-state index contributed by atoms with van der Waals surface area (Å²) >= 11 is 3.39. The average Bonchev–Trinajstić information content (AvgIpc) is 2.99. The third kappa shape index (κ3) is 3.26. The van der Waals surface area contributed by atoms with Crippen molar-refractivity contribution in [2.24, 2.45) is 10.1 Å². The summed E-state index contributed by atoms with van der Waals surface area (Å²) in [6, 6.07) is 6.72. The van der Waals surface area contributed by atoms with E-state index in [9.17, 15) is 9.59 Å². The first-order valence-corrected chi connectivity index (χ1v) is 9.05. The molecule has 1 fully saturated rings. The van der Waals surface area contributed by atoms with Gasteiger partial charge in [-0.1, -0.05) is 40.0 Å². The fourth-order valence-corrected chi connectivity index (χ4v) is 3.14. The summed E-state index contributed by atoms with van der Waals surface area (Å²) in [5.74, 6) is 0.602. The fourth-order valence-electron chi connectivity index (χ4n) is 2.88. The number of amides is 3. The Morgan fingerprint density at radius 3 is 2.62 bits per heavy atom. The molecule has 0 radical (unpaired) electrons. The van der Waals surface area contributed by atoms with Gasteiger partial charge in [-0.2, -0.15) is 5.43 Å². The summed E-state index contributed by atoms with van der Waals surface area (Å²) < 4.78 is 2.84. The van der Waals surface area contributed by atoms with E-state index in [-0.39, 0.29) is 11.9 Å². The van der Waals surface area contributed by atoms with Crippen LogP contribution in [0.25, 0.3) is 0 Å². The molecular weight excluding hydrogens is 400 g/mol. The molecule has 0 aromatic heterocycles. The zero-order chi connectivity index (χ0) is 18.8. The molecular formula is C17H20BrN6O2+. The Labute approximate surface area is 160 Å². The number of urea groups is 1. The number of benzene rings is 1. The molecule has 26 heavy (non-hydrogen) atoms. The predicted octanol–water partition coefficient (Wildman–Crippen LogP) is 1.46. The van der Waals surface area contributed by atoms with Gasteiger partial charge in [-0.3, -0.25) is 14.6 Å². The van der Waals surface area contributed by atoms with Crippen LogP contribution >= 0.6 is 15.9 Å². The van der Waals surface area contributed by atoms with Crippen molar-refractivity contribution >= 4 is 45.9 Å². The lowest BCUT2D eigenvalue weighted by molar-refractivity contribution is -0.537. The Hall–Kier alpha value is -2.55. The molecule has 1 saturated heterocycles. The normalized spacial score (nSPS) is 20.2. The van der Waals surface area contributed by atoms with Gasteiger partial charge in [0.2, 0.25) is 11.9 Å². The van der Waals surface area contributed by atoms with Gasteiger partial charge in [-0.15, -0.1) is 5.10 Å². The van der Waals surface area contributed by atoms with Crippen LogP contribution in [0.5, 0.6) is 0 Å². The van der Waals surface area contributed by atoms with Crippen LogP contribution in [0.4, 0.5) is 4.79 Å². The van der Waals surface area contributed by atoms with Crippen molar-refractivity contribution in [3.8, 4) is 0 Å². The van der Waals surface area contributed by atoms with E-state index in [1.165, 1.54) is 11.9 Å². The van der Waals surface area contributed by atoms with Crippen LogP contribution in [0.1, 0.15) is 18.9 Å². The number of carbonyl (C=O) groups is 2. The van der Waals surface area contributed by atoms with E-state index in [1.54, 1.807) is 13.3 Å². The molecule has 0 bridgehead atoms. The number of fused-ring (bicyclic) bond motifs is 1. The molecule has 2 aliphatic rings. The molecule has 1 atom stereocenters. The molecule has 9 heteroatoms. The smallest absolute Gasteiger partial charge is 0.270 e. The molecule has 0 saturated carbocycles. The lowest BCUT2D eigenvalue weighted by atomic mass is 10.1. The maximum absolute atomic E-state index is 12.6. The molecule has 1 unspecified atom stereocenters. The van der Waals surface area contributed by atoms with E-state index in [1.807, 2.05) is 35.8 Å². The third-order valence-electron chi connectivity index (χ3n) is 4.24. The van der Waals surface area contributed by atoms with Crippen LogP contribution in [0.2, 0.25) is 0 Å². The van der Waals surface area contributed by atoms with Crippen LogP contribution in [-0.4, -0.2) is 71.0 Å². The number of hydrogen-bond donors (Lipinski definition) is 1. The van der Waals surface area contributed by atoms with Gasteiger partial charge >= 0.3 is 12.0 Å². The number of nitrogens with one attached hydrogen (secondary N) is 1. The van der Waals surface area contributed by atoms with Gasteiger partial charge in [0.1, 0.15) is 0 Å². The van der Waals surface area contributed by atoms with Gasteiger partial charge in [0.05, 0.1) is 12.8 Å². The predicted molar refractivity (Wildman–Crippen MR) is 102 cm³/mol. The van der Waals surface area contributed by atoms with Gasteiger partial charge < -0.3 is 0 Å². The first kappa shape index (κ1) is 18.2. The molecule has 2 aliphatic heterocycles. The molecule has 1 aromatic rings. The van der Waals surface area contributed by atoms with Crippen molar-refractivity contribution in [3.63, 3.8) is 0 Å². The first-order chi connectivity index (χ1) is 12.4. The molecule has 136 valence electrons. The Morgan fingerprint density at radius 2 is 1.96 bits per heavy atom. The Kier molecular flexibility index (Phi) is 5.17. The minimum absolute atomic E-state index is 0.283. The van der Waals surface area contributed by atoms with Crippen LogP contribution in [0, 0.1) is 0 Å². The minimum atomic E-state index is -0.604. The molecule has 8 nitrogen and oxygen atoms in total. The van der Waals surface area contributed by atoms with Gasteiger partial charge in [0.15, 0.2) is 0 Å². The number of hydrazone groups is 1. The number of hydrogen-bond acceptors (Lipinski definition) is 5. The number of amidine groups is 1. The lowest BCUT2D eigenvalue weighted by Gasteiger charge is -2.31. The van der Waals surface area contributed by atoms with Gasteiger partial charge in [0.25, 0.3) is 5.91 Å². The Balaban J connectivity index is 1.86. The molecule has 1 N–H and O–H groups in total. The number of nitrogens with zero attached hydrogens (tertiary/aromatic N) is 5. The topological polar surface area (TPSA) is 80.4 Å². The zero-order valence-electron chi connectivity index (χ0n) is 14.8. The third-order valence-corrected chi connectivity index (χ3v) is 4.77. The number of imide groups is 1. The van der Waals surface area contributed by atoms with Gasteiger partial charge in [-0.25, -0.2) is 9.37 Å². The van der Waals surface area contributed by atoms with E-state index in [2.05, 4.69) is 31.4 Å². The summed E-state index contributed by atoms with van der Waals surface area (Å²) in [6.07, 6.45) is 2.50. The highest BCUT2D eigenvalue weighted by atomic mass is 79.9. The summed E-state index contributed by atoms with van der Waals surface area (Å²) in [7, 11) is 3.11. The number of halogens is 1. The average molecular weight is 420 g/mol. The van der Waals surface area contributed by atoms with Gasteiger partial charge in [-0.05, 0) is 24.1 Å². The number of likely N-dealkylation sites (N-methyl/N-ethyl adjacent to an activating group) is 2. The largest absolute Gasteiger partial charge is 0.413 e. The van der Waals surface area contributed by atoms with E-state index in [4.69, 9.17) is 0 Å². The number of rotatable bonds is 4. The van der Waals surface area contributed by atoms with Crippen LogP contribution < -0.4 is 5.43 Å². The fraction of sp³-hybridized carbons (Fsp3) is 0.353. The van der Waals surface area contributed by atoms with Crippen LogP contribution in [0.3, 0.4) is 0 Å². The number of guanidine groups is 1. The van der Waals surface area contributed by atoms with Crippen molar-refractivity contribution < 1.29 is 14.2 Å². The molecule has 3 rings (SSSR count). The second-order valence-electron chi connectivity index (χ2n) is 6.05. The second-order valence-corrected chi connectivity index (χ2v) is 6.97. The Morgan fingerprint density at radius 1 is 1.27 bits per heavy atom. The van der Waals surface area contributed by atoms with Crippen molar-refractivity contribution in [2.45, 2.75) is 19.4 Å². The highest BCUT2D eigenvalue weighted by Gasteiger charge is 2.51. The maximum atomic E-state index is 12.6. The van der Waals surface area contributed by atoms with Crippen LogP contribution in [0.15, 0.2) is 38.8 Å². The zero-order valence-corrected chi connectivity index (χ0v) is 16.4. The maximum Gasteiger partial charge on any atom is 0.413 e. The number of carbonyl (C=O) groups excluding carboxylic acids is 2. The van der Waals surface area contributed by atoms with Crippen molar-refractivity contribution in [2.75, 3.05) is 20.6 Å². The lowest BCUT2D eigenvalue weighted by Crippen LogP contribution is -2.61. The Bertz CT molecular complexity index is 830. The molecule has 0 spiro atoms. The van der Waals surface area contributed by atoms with E-state index in [0.717, 1.165) is 21.4 Å². The minimum Gasteiger partial charge on any atom is -0.270 e. The summed E-state index contributed by atoms with van der Waals surface area (Å²) in [5.41, 5.74) is 3.84. The molecule has 2 heterocycles. The standard InChI is InChI=1S/C17H19BrN6O2/c1-4-9-24-13-14(22(2)17(26)23(3)15(13)25)20-16(24)21-19-10-11-5-7-12(18)8-6-11/h5-8,10,13H,4,9H2,1-3H3/p+1/b19-10+. The van der Waals surface area contributed by atoms with E-state index >= 15 is 0 Å². The SMILES string of the molecule is CCC[N+]1=C(N/N=C/c2ccc(Br)cc2)N=C2C1C(=O)N(C)C(=O)N2C. The highest BCUT2D eigenvalue weighted by molar-refractivity contribution is 9.10. The quantitative estimate of drug-likeness (QED) is 0.455. The second kappa shape index (κ2) is 7.36. The number of aliphatic imine (C=N–C) groups is 1. The summed E-state index contributed by atoms with van der Waals surface area (Å²) in [6.45, 7) is 2.64. The van der Waals surface area contributed by atoms with E-state index in [0.29, 0.717) is 18.3 Å². The van der Waals surface area contributed by atoms with E-state index < -0.39 is 6.04 Å². The molecule has 0 aliphatic carbocycles. The first-order valence-electron chi connectivity index (χ1n) is 8.26. The molecule has 3 amide bonds. The highest BCUT2D eigenvalue weighted by Crippen LogP contribution is 2.18. The summed E-state index contributed by atoms with van der Waals surface area (Å²) in [5, 5.41) is 4.23. The molecule has 1 aromatic carbocycles. The summed E-state index contributed by atoms with van der Waals surface area (Å²) in [4.78, 5) is 31.7. The van der Waals surface area contributed by atoms with Crippen molar-refractivity contribution in [1.82, 2.24) is 15.2 Å². The van der Waals surface area contributed by atoms with Gasteiger partial charge in [0, 0.05) is 18.6 Å².